The number of nitrogens with zero attached hydrogens (tertiary/aromatic N) is 3. The number of urea groups is 1. The summed E-state index contributed by atoms with van der Waals surface area (Å²) in [4.78, 5) is 22.8. The predicted octanol–water partition coefficient (Wildman–Crippen LogP) is 5.03. The molecular weight excluding hydrogens is 344 g/mol. The van der Waals surface area contributed by atoms with Crippen molar-refractivity contribution in [3.8, 4) is 10.6 Å². The highest BCUT2D eigenvalue weighted by Gasteiger charge is 2.12. The summed E-state index contributed by atoms with van der Waals surface area (Å²) in [6.45, 7) is 0. The van der Waals surface area contributed by atoms with E-state index in [9.17, 15) is 4.79 Å². The average molecular weight is 360 g/mol. The second-order valence-corrected chi connectivity index (χ2v) is 6.80. The summed E-state index contributed by atoms with van der Waals surface area (Å²) in [6.07, 6.45) is 3.55. The molecule has 0 spiro atoms. The molecule has 0 bridgehead atoms. The number of hydrogen-bond donors (Lipinski definition) is 1. The maximum Gasteiger partial charge on any atom is 0.326 e. The first kappa shape index (κ1) is 16.2. The van der Waals surface area contributed by atoms with E-state index < -0.39 is 0 Å². The van der Waals surface area contributed by atoms with Gasteiger partial charge in [0.1, 0.15) is 5.01 Å². The number of hydrogen-bond acceptors (Lipinski definition) is 4. The van der Waals surface area contributed by atoms with Gasteiger partial charge in [-0.3, -0.25) is 9.88 Å². The third kappa shape index (κ3) is 3.27. The van der Waals surface area contributed by atoms with E-state index in [4.69, 9.17) is 0 Å². The second kappa shape index (κ2) is 6.93. The van der Waals surface area contributed by atoms with Crippen LogP contribution in [-0.4, -0.2) is 23.0 Å². The van der Waals surface area contributed by atoms with E-state index in [0.717, 1.165) is 32.2 Å². The molecule has 2 aromatic carbocycles. The number of rotatable bonds is 3. The molecule has 0 unspecified atom stereocenters. The van der Waals surface area contributed by atoms with Crippen molar-refractivity contribution in [1.29, 1.82) is 0 Å². The molecule has 2 heterocycles. The van der Waals surface area contributed by atoms with Crippen LogP contribution in [0.2, 0.25) is 0 Å². The highest BCUT2D eigenvalue weighted by atomic mass is 32.1. The molecule has 2 amide bonds. The van der Waals surface area contributed by atoms with Crippen LogP contribution >= 0.6 is 11.3 Å². The van der Waals surface area contributed by atoms with Gasteiger partial charge in [0.25, 0.3) is 0 Å². The highest BCUT2D eigenvalue weighted by molar-refractivity contribution is 7.21. The number of para-hydroxylation sites is 1. The molecule has 0 aliphatic rings. The minimum atomic E-state index is -0.193. The number of benzene rings is 2. The normalized spacial score (nSPS) is 10.7. The summed E-state index contributed by atoms with van der Waals surface area (Å²) in [6, 6.07) is 18.9. The number of pyridine rings is 1. The lowest BCUT2D eigenvalue weighted by molar-refractivity contribution is 0.258. The Morgan fingerprint density at radius 1 is 1.08 bits per heavy atom. The molecule has 0 saturated heterocycles. The number of aromatic nitrogens is 2. The molecule has 0 saturated carbocycles. The number of nitrogens with one attached hydrogen (secondary N) is 1. The fraction of sp³-hybridized carbons (Fsp3) is 0.0500. The van der Waals surface area contributed by atoms with Gasteiger partial charge in [0.15, 0.2) is 0 Å². The minimum Gasteiger partial charge on any atom is -0.308 e. The van der Waals surface area contributed by atoms with Crippen molar-refractivity contribution in [2.75, 3.05) is 17.3 Å². The van der Waals surface area contributed by atoms with Crippen LogP contribution in [0.5, 0.6) is 0 Å². The second-order valence-electron chi connectivity index (χ2n) is 5.77. The monoisotopic (exact) mass is 360 g/mol. The van der Waals surface area contributed by atoms with Gasteiger partial charge in [-0.25, -0.2) is 9.78 Å². The van der Waals surface area contributed by atoms with Gasteiger partial charge in [0, 0.05) is 36.4 Å². The Hall–Kier alpha value is -3.25. The Kier molecular flexibility index (Phi) is 4.33. The molecule has 4 rings (SSSR count). The lowest BCUT2D eigenvalue weighted by Gasteiger charge is -2.18. The van der Waals surface area contributed by atoms with Gasteiger partial charge in [-0.1, -0.05) is 30.3 Å². The largest absolute Gasteiger partial charge is 0.326 e. The van der Waals surface area contributed by atoms with Gasteiger partial charge < -0.3 is 5.32 Å². The molecule has 128 valence electrons. The van der Waals surface area contributed by atoms with E-state index in [1.807, 2.05) is 66.9 Å². The number of amides is 2. The van der Waals surface area contributed by atoms with Gasteiger partial charge >= 0.3 is 6.03 Å². The molecule has 26 heavy (non-hydrogen) atoms. The molecule has 5 nitrogen and oxygen atoms in total. The number of carbonyl (C=O) groups is 1. The smallest absolute Gasteiger partial charge is 0.308 e. The van der Waals surface area contributed by atoms with Crippen LogP contribution in [0.1, 0.15) is 0 Å². The lowest BCUT2D eigenvalue weighted by atomic mass is 10.2. The lowest BCUT2D eigenvalue weighted by Crippen LogP contribution is -2.31. The molecule has 0 aliphatic carbocycles. The summed E-state index contributed by atoms with van der Waals surface area (Å²) in [7, 11) is 1.75. The van der Waals surface area contributed by atoms with Crippen molar-refractivity contribution < 1.29 is 4.79 Å². The summed E-state index contributed by atoms with van der Waals surface area (Å²) >= 11 is 1.58. The maximum atomic E-state index is 12.5. The van der Waals surface area contributed by atoms with Crippen LogP contribution in [0.3, 0.4) is 0 Å². The zero-order chi connectivity index (χ0) is 17.9. The van der Waals surface area contributed by atoms with Crippen molar-refractivity contribution in [3.05, 3.63) is 73.1 Å². The first-order valence-corrected chi connectivity index (χ1v) is 8.93. The van der Waals surface area contributed by atoms with Crippen LogP contribution in [0.25, 0.3) is 20.8 Å². The minimum absolute atomic E-state index is 0.193. The van der Waals surface area contributed by atoms with Crippen LogP contribution in [0.15, 0.2) is 73.1 Å². The molecule has 6 heteroatoms. The Morgan fingerprint density at radius 3 is 2.73 bits per heavy atom. The number of fused-ring (bicyclic) bond motifs is 1. The summed E-state index contributed by atoms with van der Waals surface area (Å²) in [5, 5.41) is 3.84. The van der Waals surface area contributed by atoms with Crippen molar-refractivity contribution in [3.63, 3.8) is 0 Å². The van der Waals surface area contributed by atoms with Crippen LogP contribution in [-0.2, 0) is 0 Å². The number of carbonyl (C=O) groups excluding carboxylic acids is 1. The third-order valence-electron chi connectivity index (χ3n) is 4.00. The van der Waals surface area contributed by atoms with Gasteiger partial charge in [-0.2, -0.15) is 0 Å². The fourth-order valence-electron chi connectivity index (χ4n) is 2.61. The Bertz CT molecular complexity index is 1030. The first-order valence-electron chi connectivity index (χ1n) is 8.11. The zero-order valence-electron chi connectivity index (χ0n) is 14.1. The molecule has 4 aromatic rings. The van der Waals surface area contributed by atoms with Crippen LogP contribution in [0, 0.1) is 0 Å². The van der Waals surface area contributed by atoms with Crippen molar-refractivity contribution in [2.45, 2.75) is 0 Å². The van der Waals surface area contributed by atoms with Gasteiger partial charge in [-0.05, 0) is 30.3 Å². The SMILES string of the molecule is CN(C(=O)Nc1cccc(-c2nc3ccncc3s2)c1)c1ccccc1. The van der Waals surface area contributed by atoms with Crippen LogP contribution in [0.4, 0.5) is 16.2 Å². The molecular formula is C20H16N4OS. The summed E-state index contributed by atoms with van der Waals surface area (Å²) in [5.74, 6) is 0. The van der Waals surface area contributed by atoms with Gasteiger partial charge in [-0.15, -0.1) is 11.3 Å². The Labute approximate surface area is 155 Å². The van der Waals surface area contributed by atoms with E-state index in [2.05, 4.69) is 15.3 Å². The van der Waals surface area contributed by atoms with E-state index in [-0.39, 0.29) is 6.03 Å². The predicted molar refractivity (Wildman–Crippen MR) is 107 cm³/mol. The molecule has 2 aromatic heterocycles. The van der Waals surface area contributed by atoms with E-state index in [1.165, 1.54) is 0 Å². The van der Waals surface area contributed by atoms with Crippen LogP contribution < -0.4 is 10.2 Å². The average Bonchev–Trinajstić information content (AvgIpc) is 3.12. The standard InChI is InChI=1S/C20H16N4OS/c1-24(16-8-3-2-4-9-16)20(25)22-15-7-5-6-14(12-15)19-23-17-10-11-21-13-18(17)26-19/h2-13H,1H3,(H,22,25). The first-order chi connectivity index (χ1) is 12.7. The zero-order valence-corrected chi connectivity index (χ0v) is 14.9. The third-order valence-corrected chi connectivity index (χ3v) is 5.06. The summed E-state index contributed by atoms with van der Waals surface area (Å²) in [5.41, 5.74) is 3.46. The highest BCUT2D eigenvalue weighted by Crippen LogP contribution is 2.30. The van der Waals surface area contributed by atoms with E-state index in [1.54, 1.807) is 29.5 Å². The number of thiazole rings is 1. The maximum absolute atomic E-state index is 12.5. The van der Waals surface area contributed by atoms with E-state index >= 15 is 0 Å². The van der Waals surface area contributed by atoms with Crippen molar-refractivity contribution >= 4 is 39.0 Å². The number of anilines is 2. The quantitative estimate of drug-likeness (QED) is 0.558. The molecule has 0 radical (unpaired) electrons. The Balaban J connectivity index is 1.57. The summed E-state index contributed by atoms with van der Waals surface area (Å²) < 4.78 is 1.04. The van der Waals surface area contributed by atoms with Crippen molar-refractivity contribution in [1.82, 2.24) is 9.97 Å². The van der Waals surface area contributed by atoms with Gasteiger partial charge in [0.2, 0.25) is 0 Å². The fourth-order valence-corrected chi connectivity index (χ4v) is 3.54. The molecule has 0 aliphatic heterocycles. The molecule has 0 atom stereocenters. The Morgan fingerprint density at radius 2 is 1.92 bits per heavy atom. The van der Waals surface area contributed by atoms with Crippen molar-refractivity contribution in [2.24, 2.45) is 0 Å². The molecule has 0 fully saturated rings. The molecule has 1 N–H and O–H groups in total. The van der Waals surface area contributed by atoms with Gasteiger partial charge in [0.05, 0.1) is 10.2 Å². The van der Waals surface area contributed by atoms with E-state index in [0.29, 0.717) is 0 Å². The topological polar surface area (TPSA) is 58.1 Å².